The van der Waals surface area contributed by atoms with Gasteiger partial charge < -0.3 is 19.5 Å². The van der Waals surface area contributed by atoms with Crippen molar-refractivity contribution in [1.29, 1.82) is 0 Å². The Hall–Kier alpha value is -1.51. The smallest absolute Gasteiger partial charge is 0.265 e. The van der Waals surface area contributed by atoms with Crippen LogP contribution in [0.15, 0.2) is 17.0 Å². The lowest BCUT2D eigenvalue weighted by atomic mass is 10.2. The maximum Gasteiger partial charge on any atom is 0.265 e. The third kappa shape index (κ3) is 4.48. The number of rotatable bonds is 7. The minimum atomic E-state index is -4.10. The van der Waals surface area contributed by atoms with Crippen LogP contribution >= 0.6 is 10.7 Å². The Morgan fingerprint density at radius 1 is 1.24 bits per heavy atom. The summed E-state index contributed by atoms with van der Waals surface area (Å²) in [5, 5.41) is 2.57. The molecule has 1 rings (SSSR count). The lowest BCUT2D eigenvalue weighted by molar-refractivity contribution is 0.0936. The number of carbonyl (C=O) groups excluding carboxylic acids is 1. The monoisotopic (exact) mass is 337 g/mol. The number of hydrogen-bond acceptors (Lipinski definition) is 6. The van der Waals surface area contributed by atoms with Gasteiger partial charge in [-0.1, -0.05) is 0 Å². The van der Waals surface area contributed by atoms with Gasteiger partial charge in [-0.15, -0.1) is 0 Å². The van der Waals surface area contributed by atoms with E-state index in [1.807, 2.05) is 0 Å². The SMILES string of the molecule is COCCNC(=O)c1cc(OC)c(OC)c(S(=O)(=O)Cl)c1. The molecule has 1 aromatic rings. The second kappa shape index (κ2) is 7.48. The number of ether oxygens (including phenoxy) is 3. The molecule has 0 heterocycles. The minimum absolute atomic E-state index is 0.0547. The molecular formula is C12H16ClNO6S. The molecule has 0 atom stereocenters. The largest absolute Gasteiger partial charge is 0.493 e. The van der Waals surface area contributed by atoms with Crippen molar-refractivity contribution in [1.82, 2.24) is 5.32 Å². The molecule has 0 aliphatic carbocycles. The summed E-state index contributed by atoms with van der Waals surface area (Å²) in [6.07, 6.45) is 0. The van der Waals surface area contributed by atoms with E-state index in [0.717, 1.165) is 6.07 Å². The van der Waals surface area contributed by atoms with Crippen molar-refractivity contribution in [3.05, 3.63) is 17.7 Å². The second-order valence-corrected chi connectivity index (χ2v) is 6.43. The number of amides is 1. The molecule has 0 saturated carbocycles. The molecule has 0 radical (unpaired) electrons. The van der Waals surface area contributed by atoms with Gasteiger partial charge in [-0.05, 0) is 12.1 Å². The van der Waals surface area contributed by atoms with Crippen molar-refractivity contribution in [2.24, 2.45) is 0 Å². The highest BCUT2D eigenvalue weighted by Gasteiger charge is 2.23. The maximum absolute atomic E-state index is 12.0. The topological polar surface area (TPSA) is 90.9 Å². The fourth-order valence-electron chi connectivity index (χ4n) is 1.61. The molecule has 9 heteroatoms. The van der Waals surface area contributed by atoms with E-state index in [0.29, 0.717) is 6.61 Å². The van der Waals surface area contributed by atoms with Gasteiger partial charge in [-0.3, -0.25) is 4.79 Å². The third-order valence-corrected chi connectivity index (χ3v) is 3.89. The van der Waals surface area contributed by atoms with Gasteiger partial charge in [-0.2, -0.15) is 0 Å². The molecular weight excluding hydrogens is 322 g/mol. The number of nitrogens with one attached hydrogen (secondary N) is 1. The summed E-state index contributed by atoms with van der Waals surface area (Å²) in [5.41, 5.74) is 0.0861. The van der Waals surface area contributed by atoms with Crippen molar-refractivity contribution in [3.8, 4) is 11.5 Å². The van der Waals surface area contributed by atoms with Crippen LogP contribution in [0.5, 0.6) is 11.5 Å². The molecule has 7 nitrogen and oxygen atoms in total. The Bertz CT molecular complexity index is 616. The molecule has 0 spiro atoms. The molecule has 0 unspecified atom stereocenters. The number of hydrogen-bond donors (Lipinski definition) is 1. The van der Waals surface area contributed by atoms with Crippen molar-refractivity contribution in [3.63, 3.8) is 0 Å². The van der Waals surface area contributed by atoms with Crippen molar-refractivity contribution >= 4 is 25.6 Å². The van der Waals surface area contributed by atoms with Crippen LogP contribution in [-0.2, 0) is 13.8 Å². The summed E-state index contributed by atoms with van der Waals surface area (Å²) in [6.45, 7) is 0.617. The summed E-state index contributed by atoms with van der Waals surface area (Å²) in [7, 11) is 5.37. The van der Waals surface area contributed by atoms with Crippen LogP contribution < -0.4 is 14.8 Å². The summed E-state index contributed by atoms with van der Waals surface area (Å²) in [4.78, 5) is 11.6. The average Bonchev–Trinajstić information content (AvgIpc) is 2.44. The average molecular weight is 338 g/mol. The summed E-state index contributed by atoms with van der Waals surface area (Å²) >= 11 is 0. The standard InChI is InChI=1S/C12H16ClNO6S/c1-18-5-4-14-12(15)8-6-9(19-2)11(20-3)10(7-8)21(13,16)17/h6-7H,4-5H2,1-3H3,(H,14,15). The van der Waals surface area contributed by atoms with Crippen molar-refractivity contribution < 1.29 is 27.4 Å². The molecule has 0 bridgehead atoms. The lowest BCUT2D eigenvalue weighted by Crippen LogP contribution is -2.27. The summed E-state index contributed by atoms with van der Waals surface area (Å²) in [5.74, 6) is -0.438. The Morgan fingerprint density at radius 3 is 2.38 bits per heavy atom. The molecule has 0 aliphatic rings. The Kier molecular flexibility index (Phi) is 6.25. The molecule has 1 N–H and O–H groups in total. The number of carbonyl (C=O) groups is 1. The van der Waals surface area contributed by atoms with Gasteiger partial charge in [0, 0.05) is 29.9 Å². The second-order valence-electron chi connectivity index (χ2n) is 3.90. The summed E-state index contributed by atoms with van der Waals surface area (Å²) < 4.78 is 38.0. The Labute approximate surface area is 127 Å². The minimum Gasteiger partial charge on any atom is -0.493 e. The zero-order chi connectivity index (χ0) is 16.0. The first kappa shape index (κ1) is 17.5. The molecule has 0 aliphatic heterocycles. The van der Waals surface area contributed by atoms with Gasteiger partial charge in [-0.25, -0.2) is 8.42 Å². The predicted molar refractivity (Wildman–Crippen MR) is 76.8 cm³/mol. The van der Waals surface area contributed by atoms with Crippen molar-refractivity contribution in [2.75, 3.05) is 34.5 Å². The fraction of sp³-hybridized carbons (Fsp3) is 0.417. The van der Waals surface area contributed by atoms with E-state index >= 15 is 0 Å². The number of halogens is 1. The van der Waals surface area contributed by atoms with Gasteiger partial charge >= 0.3 is 0 Å². The molecule has 0 fully saturated rings. The highest BCUT2D eigenvalue weighted by atomic mass is 35.7. The molecule has 1 amide bonds. The van der Waals surface area contributed by atoms with Crippen LogP contribution in [0.4, 0.5) is 0 Å². The van der Waals surface area contributed by atoms with Crippen LogP contribution in [0.2, 0.25) is 0 Å². The van der Waals surface area contributed by atoms with Gasteiger partial charge in [0.15, 0.2) is 11.5 Å². The van der Waals surface area contributed by atoms with E-state index in [4.69, 9.17) is 24.9 Å². The Balaban J connectivity index is 3.27. The van der Waals surface area contributed by atoms with Crippen LogP contribution in [0.1, 0.15) is 10.4 Å². The van der Waals surface area contributed by atoms with E-state index in [-0.39, 0.29) is 28.5 Å². The highest BCUT2D eigenvalue weighted by Crippen LogP contribution is 2.37. The van der Waals surface area contributed by atoms with Crippen molar-refractivity contribution in [2.45, 2.75) is 4.90 Å². The van der Waals surface area contributed by atoms with Gasteiger partial charge in [0.1, 0.15) is 4.90 Å². The number of methoxy groups -OCH3 is 3. The third-order valence-electron chi connectivity index (χ3n) is 2.56. The van der Waals surface area contributed by atoms with E-state index in [9.17, 15) is 13.2 Å². The van der Waals surface area contributed by atoms with Gasteiger partial charge in [0.05, 0.1) is 20.8 Å². The van der Waals surface area contributed by atoms with Gasteiger partial charge in [0.2, 0.25) is 0 Å². The molecule has 118 valence electrons. The van der Waals surface area contributed by atoms with E-state index < -0.39 is 15.0 Å². The Morgan fingerprint density at radius 2 is 1.90 bits per heavy atom. The lowest BCUT2D eigenvalue weighted by Gasteiger charge is -2.13. The quantitative estimate of drug-likeness (QED) is 0.590. The molecule has 1 aromatic carbocycles. The number of benzene rings is 1. The zero-order valence-electron chi connectivity index (χ0n) is 11.8. The van der Waals surface area contributed by atoms with E-state index in [2.05, 4.69) is 5.32 Å². The first-order valence-electron chi connectivity index (χ1n) is 5.83. The summed E-state index contributed by atoms with van der Waals surface area (Å²) in [6, 6.07) is 2.50. The molecule has 21 heavy (non-hydrogen) atoms. The van der Waals surface area contributed by atoms with Crippen LogP contribution in [0.25, 0.3) is 0 Å². The van der Waals surface area contributed by atoms with E-state index in [1.54, 1.807) is 0 Å². The van der Waals surface area contributed by atoms with Crippen LogP contribution in [0.3, 0.4) is 0 Å². The van der Waals surface area contributed by atoms with Crippen LogP contribution in [-0.4, -0.2) is 48.8 Å². The zero-order valence-corrected chi connectivity index (χ0v) is 13.4. The maximum atomic E-state index is 12.0. The normalized spacial score (nSPS) is 11.0. The first-order chi connectivity index (χ1) is 9.85. The van der Waals surface area contributed by atoms with Crippen LogP contribution in [0, 0.1) is 0 Å². The fourth-order valence-corrected chi connectivity index (χ4v) is 2.63. The van der Waals surface area contributed by atoms with E-state index in [1.165, 1.54) is 27.4 Å². The first-order valence-corrected chi connectivity index (χ1v) is 8.14. The molecule has 0 aromatic heterocycles. The predicted octanol–water partition coefficient (Wildman–Crippen LogP) is 1.01. The molecule has 0 saturated heterocycles. The van der Waals surface area contributed by atoms with Gasteiger partial charge in [0.25, 0.3) is 15.0 Å². The highest BCUT2D eigenvalue weighted by molar-refractivity contribution is 8.13.